The number of nitrogens with one attached hydrogen (secondary N) is 2. The number of ether oxygens (including phenoxy) is 2. The van der Waals surface area contributed by atoms with Gasteiger partial charge in [0.15, 0.2) is 11.6 Å². The zero-order valence-electron chi connectivity index (χ0n) is 14.3. The summed E-state index contributed by atoms with van der Waals surface area (Å²) < 4.78 is 52.2. The van der Waals surface area contributed by atoms with Crippen LogP contribution in [0.1, 0.15) is 18.4 Å². The van der Waals surface area contributed by atoms with Gasteiger partial charge in [-0.1, -0.05) is 0 Å². The lowest BCUT2D eigenvalue weighted by atomic mass is 9.80. The SMILES string of the molecule is COCC1(CNS(=O)(=O)c2ccc(OC)c(F)c2C)CCNCC1. The maximum absolute atomic E-state index is 14.1. The fraction of sp³-hybridized carbons (Fsp3) is 0.625. The zero-order valence-corrected chi connectivity index (χ0v) is 15.1. The fourth-order valence-electron chi connectivity index (χ4n) is 3.05. The molecule has 0 unspecified atom stereocenters. The van der Waals surface area contributed by atoms with Crippen LogP contribution in [0.2, 0.25) is 0 Å². The first kappa shape index (κ1) is 19.1. The summed E-state index contributed by atoms with van der Waals surface area (Å²) >= 11 is 0. The fourth-order valence-corrected chi connectivity index (χ4v) is 4.44. The van der Waals surface area contributed by atoms with E-state index in [4.69, 9.17) is 9.47 Å². The first-order chi connectivity index (χ1) is 11.4. The van der Waals surface area contributed by atoms with Gasteiger partial charge in [-0.2, -0.15) is 0 Å². The first-order valence-corrected chi connectivity index (χ1v) is 9.36. The van der Waals surface area contributed by atoms with E-state index in [1.807, 2.05) is 0 Å². The maximum atomic E-state index is 14.1. The average molecular weight is 360 g/mol. The van der Waals surface area contributed by atoms with Crippen molar-refractivity contribution in [2.75, 3.05) is 40.5 Å². The van der Waals surface area contributed by atoms with Crippen molar-refractivity contribution in [3.05, 3.63) is 23.5 Å². The van der Waals surface area contributed by atoms with Crippen molar-refractivity contribution >= 4 is 10.0 Å². The number of benzene rings is 1. The molecule has 24 heavy (non-hydrogen) atoms. The average Bonchev–Trinajstić information content (AvgIpc) is 2.57. The molecule has 0 aromatic heterocycles. The van der Waals surface area contributed by atoms with E-state index in [0.717, 1.165) is 25.9 Å². The van der Waals surface area contributed by atoms with E-state index in [-0.39, 0.29) is 28.2 Å². The van der Waals surface area contributed by atoms with Crippen molar-refractivity contribution in [2.24, 2.45) is 5.41 Å². The highest BCUT2D eigenvalue weighted by Gasteiger charge is 2.34. The van der Waals surface area contributed by atoms with Gasteiger partial charge >= 0.3 is 0 Å². The zero-order chi connectivity index (χ0) is 17.8. The molecule has 1 aromatic carbocycles. The van der Waals surface area contributed by atoms with Crippen LogP contribution in [-0.2, 0) is 14.8 Å². The summed E-state index contributed by atoms with van der Waals surface area (Å²) in [5.74, 6) is -0.630. The summed E-state index contributed by atoms with van der Waals surface area (Å²) in [5, 5.41) is 3.26. The molecule has 1 heterocycles. The van der Waals surface area contributed by atoms with Crippen molar-refractivity contribution in [1.29, 1.82) is 0 Å². The number of halogens is 1. The number of methoxy groups -OCH3 is 2. The third-order valence-corrected chi connectivity index (χ3v) is 6.11. The molecule has 1 fully saturated rings. The van der Waals surface area contributed by atoms with Crippen LogP contribution >= 0.6 is 0 Å². The molecule has 1 saturated heterocycles. The lowest BCUT2D eigenvalue weighted by Crippen LogP contribution is -2.47. The number of hydrogen-bond acceptors (Lipinski definition) is 5. The van der Waals surface area contributed by atoms with Crippen molar-refractivity contribution in [3.63, 3.8) is 0 Å². The second-order valence-corrected chi connectivity index (χ2v) is 7.95. The molecule has 2 rings (SSSR count). The van der Waals surface area contributed by atoms with E-state index in [0.29, 0.717) is 6.61 Å². The van der Waals surface area contributed by atoms with Gasteiger partial charge in [0.2, 0.25) is 10.0 Å². The summed E-state index contributed by atoms with van der Waals surface area (Å²) in [4.78, 5) is -0.0673. The molecular formula is C16H25FN2O4S. The Hall–Kier alpha value is -1.22. The van der Waals surface area contributed by atoms with E-state index in [9.17, 15) is 12.8 Å². The highest BCUT2D eigenvalue weighted by Crippen LogP contribution is 2.30. The Kier molecular flexibility index (Phi) is 6.19. The molecule has 0 spiro atoms. The highest BCUT2D eigenvalue weighted by molar-refractivity contribution is 7.89. The predicted octanol–water partition coefficient (Wildman–Crippen LogP) is 1.44. The van der Waals surface area contributed by atoms with Crippen molar-refractivity contribution < 1.29 is 22.3 Å². The second-order valence-electron chi connectivity index (χ2n) is 6.21. The van der Waals surface area contributed by atoms with Crippen molar-refractivity contribution in [3.8, 4) is 5.75 Å². The third kappa shape index (κ3) is 4.05. The van der Waals surface area contributed by atoms with Crippen LogP contribution in [0.3, 0.4) is 0 Å². The molecular weight excluding hydrogens is 335 g/mol. The molecule has 0 radical (unpaired) electrons. The van der Waals surface area contributed by atoms with Gasteiger partial charge < -0.3 is 14.8 Å². The molecule has 1 aliphatic rings. The second kappa shape index (κ2) is 7.77. The van der Waals surface area contributed by atoms with Crippen LogP contribution in [-0.4, -0.2) is 48.9 Å². The maximum Gasteiger partial charge on any atom is 0.240 e. The van der Waals surface area contributed by atoms with Crippen LogP contribution in [0.15, 0.2) is 17.0 Å². The summed E-state index contributed by atoms with van der Waals surface area (Å²) in [5.41, 5.74) is -0.195. The van der Waals surface area contributed by atoms with Crippen molar-refractivity contribution in [2.45, 2.75) is 24.7 Å². The van der Waals surface area contributed by atoms with Crippen LogP contribution in [0.5, 0.6) is 5.75 Å². The Morgan fingerprint density at radius 3 is 2.54 bits per heavy atom. The van der Waals surface area contributed by atoms with Gasteiger partial charge in [-0.25, -0.2) is 17.5 Å². The largest absolute Gasteiger partial charge is 0.494 e. The molecule has 0 atom stereocenters. The molecule has 0 amide bonds. The van der Waals surface area contributed by atoms with Crippen molar-refractivity contribution in [1.82, 2.24) is 10.0 Å². The topological polar surface area (TPSA) is 76.7 Å². The minimum absolute atomic E-state index is 0.0284. The summed E-state index contributed by atoms with van der Waals surface area (Å²) in [6.07, 6.45) is 1.64. The quantitative estimate of drug-likeness (QED) is 0.769. The molecule has 0 bridgehead atoms. The molecule has 136 valence electrons. The minimum Gasteiger partial charge on any atom is -0.494 e. The smallest absolute Gasteiger partial charge is 0.240 e. The number of piperidine rings is 1. The van der Waals surface area contributed by atoms with E-state index in [1.54, 1.807) is 7.11 Å². The van der Waals surface area contributed by atoms with Crippen LogP contribution in [0.4, 0.5) is 4.39 Å². The predicted molar refractivity (Wildman–Crippen MR) is 89.3 cm³/mol. The number of hydrogen-bond donors (Lipinski definition) is 2. The first-order valence-electron chi connectivity index (χ1n) is 7.88. The van der Waals surface area contributed by atoms with E-state index < -0.39 is 15.8 Å². The minimum atomic E-state index is -3.82. The van der Waals surface area contributed by atoms with Crippen LogP contribution in [0, 0.1) is 18.2 Å². The highest BCUT2D eigenvalue weighted by atomic mass is 32.2. The lowest BCUT2D eigenvalue weighted by molar-refractivity contribution is 0.0577. The molecule has 1 aromatic rings. The Morgan fingerprint density at radius 1 is 1.29 bits per heavy atom. The Morgan fingerprint density at radius 2 is 1.96 bits per heavy atom. The van der Waals surface area contributed by atoms with Crippen LogP contribution in [0.25, 0.3) is 0 Å². The molecule has 0 saturated carbocycles. The molecule has 8 heteroatoms. The van der Waals surface area contributed by atoms with Gasteiger partial charge in [0.1, 0.15) is 0 Å². The Balaban J connectivity index is 2.20. The van der Waals surface area contributed by atoms with Gasteiger partial charge in [-0.05, 0) is 45.0 Å². The monoisotopic (exact) mass is 360 g/mol. The molecule has 1 aliphatic heterocycles. The molecule has 0 aliphatic carbocycles. The standard InChI is InChI=1S/C16H25FN2O4S/c1-12-14(5-4-13(23-3)15(12)17)24(20,21)19-10-16(11-22-2)6-8-18-9-7-16/h4-5,18-19H,6-11H2,1-3H3. The third-order valence-electron chi connectivity index (χ3n) is 4.56. The molecule has 6 nitrogen and oxygen atoms in total. The van der Waals surface area contributed by atoms with E-state index in [1.165, 1.54) is 26.2 Å². The van der Waals surface area contributed by atoms with Crippen LogP contribution < -0.4 is 14.8 Å². The summed E-state index contributed by atoms with van der Waals surface area (Å²) in [6, 6.07) is 2.69. The van der Waals surface area contributed by atoms with E-state index in [2.05, 4.69) is 10.0 Å². The van der Waals surface area contributed by atoms with E-state index >= 15 is 0 Å². The lowest BCUT2D eigenvalue weighted by Gasteiger charge is -2.37. The van der Waals surface area contributed by atoms with Gasteiger partial charge in [-0.15, -0.1) is 0 Å². The summed E-state index contributed by atoms with van der Waals surface area (Å²) in [6.45, 7) is 3.82. The normalized spacial score (nSPS) is 17.7. The Labute approximate surface area is 142 Å². The summed E-state index contributed by atoms with van der Waals surface area (Å²) in [7, 11) is -0.860. The van der Waals surface area contributed by atoms with Gasteiger partial charge in [-0.3, -0.25) is 0 Å². The molecule has 2 N–H and O–H groups in total. The number of rotatable bonds is 7. The van der Waals surface area contributed by atoms with Gasteiger partial charge in [0, 0.05) is 24.6 Å². The van der Waals surface area contributed by atoms with Gasteiger partial charge in [0.25, 0.3) is 0 Å². The Bertz CT molecular complexity index is 667. The van der Waals surface area contributed by atoms with Gasteiger partial charge in [0.05, 0.1) is 18.6 Å². The number of sulfonamides is 1.